The summed E-state index contributed by atoms with van der Waals surface area (Å²) >= 11 is 3.54. The summed E-state index contributed by atoms with van der Waals surface area (Å²) < 4.78 is 11.6. The zero-order valence-electron chi connectivity index (χ0n) is 9.87. The van der Waals surface area contributed by atoms with E-state index in [1.165, 1.54) is 7.11 Å². The highest BCUT2D eigenvalue weighted by molar-refractivity contribution is 9.10. The molecule has 0 aliphatic heterocycles. The lowest BCUT2D eigenvalue weighted by molar-refractivity contribution is 0.374. The molecule has 0 radical (unpaired) electrons. The highest BCUT2D eigenvalue weighted by Gasteiger charge is 2.15. The van der Waals surface area contributed by atoms with Gasteiger partial charge in [0.1, 0.15) is 5.75 Å². The number of hydrogen-bond acceptors (Lipinski definition) is 3. The minimum Gasteiger partial charge on any atom is -0.504 e. The molecule has 0 bridgehead atoms. The molecule has 2 aromatic rings. The topological polar surface area (TPSA) is 38.7 Å². The lowest BCUT2D eigenvalue weighted by Crippen LogP contribution is -1.92. The third-order valence-corrected chi connectivity index (χ3v) is 3.79. The van der Waals surface area contributed by atoms with E-state index in [1.807, 2.05) is 19.1 Å². The number of aryl methyl sites for hydroxylation is 1. The Morgan fingerprint density at radius 1 is 1.18 bits per heavy atom. The van der Waals surface area contributed by atoms with Crippen LogP contribution < -0.4 is 9.47 Å². The van der Waals surface area contributed by atoms with E-state index in [0.717, 1.165) is 20.8 Å². The molecule has 0 fully saturated rings. The summed E-state index contributed by atoms with van der Waals surface area (Å²) in [5.41, 5.74) is 1.07. The maximum atomic E-state index is 9.79. The number of aromatic hydroxyl groups is 1. The van der Waals surface area contributed by atoms with Crippen molar-refractivity contribution in [2.24, 2.45) is 0 Å². The molecule has 4 heteroatoms. The zero-order chi connectivity index (χ0) is 12.6. The normalized spacial score (nSPS) is 10.6. The van der Waals surface area contributed by atoms with Crippen molar-refractivity contribution in [3.8, 4) is 17.2 Å². The van der Waals surface area contributed by atoms with Crippen LogP contribution in [0.1, 0.15) is 5.56 Å². The van der Waals surface area contributed by atoms with Crippen LogP contribution in [0.5, 0.6) is 17.2 Å². The molecule has 2 rings (SSSR count). The van der Waals surface area contributed by atoms with Gasteiger partial charge in [0.15, 0.2) is 11.5 Å². The Morgan fingerprint density at radius 3 is 2.47 bits per heavy atom. The SMILES string of the molecule is COc1cc(C)c(Br)c2ccc(O)c(OC)c12. The first-order chi connectivity index (χ1) is 8.10. The van der Waals surface area contributed by atoms with Gasteiger partial charge in [-0.25, -0.2) is 0 Å². The number of phenols is 1. The standard InChI is InChI=1S/C13H13BrO3/c1-7-6-10(16-2)11-8(12(7)14)4-5-9(15)13(11)17-3/h4-6,15H,1-3H3. The van der Waals surface area contributed by atoms with Gasteiger partial charge in [-0.05, 0) is 46.6 Å². The Labute approximate surface area is 108 Å². The smallest absolute Gasteiger partial charge is 0.172 e. The van der Waals surface area contributed by atoms with Gasteiger partial charge in [-0.2, -0.15) is 0 Å². The summed E-state index contributed by atoms with van der Waals surface area (Å²) in [5.74, 6) is 1.22. The average molecular weight is 297 g/mol. The second kappa shape index (κ2) is 4.45. The van der Waals surface area contributed by atoms with Crippen LogP contribution in [0.4, 0.5) is 0 Å². The third-order valence-electron chi connectivity index (χ3n) is 2.74. The summed E-state index contributed by atoms with van der Waals surface area (Å²) in [7, 11) is 3.13. The molecule has 0 saturated heterocycles. The summed E-state index contributed by atoms with van der Waals surface area (Å²) in [4.78, 5) is 0. The maximum absolute atomic E-state index is 9.79. The molecule has 90 valence electrons. The number of phenolic OH excluding ortho intramolecular Hbond substituents is 1. The van der Waals surface area contributed by atoms with E-state index in [4.69, 9.17) is 9.47 Å². The van der Waals surface area contributed by atoms with Gasteiger partial charge in [-0.15, -0.1) is 0 Å². The summed E-state index contributed by atoms with van der Waals surface area (Å²) in [5, 5.41) is 11.5. The van der Waals surface area contributed by atoms with Crippen molar-refractivity contribution in [1.82, 2.24) is 0 Å². The first-order valence-corrected chi connectivity index (χ1v) is 5.92. The van der Waals surface area contributed by atoms with Gasteiger partial charge in [0, 0.05) is 9.86 Å². The van der Waals surface area contributed by atoms with Crippen LogP contribution in [-0.2, 0) is 0 Å². The van der Waals surface area contributed by atoms with Gasteiger partial charge in [-0.3, -0.25) is 0 Å². The molecule has 3 nitrogen and oxygen atoms in total. The van der Waals surface area contributed by atoms with Crippen molar-refractivity contribution in [1.29, 1.82) is 0 Å². The number of benzene rings is 2. The predicted octanol–water partition coefficient (Wildman–Crippen LogP) is 3.63. The van der Waals surface area contributed by atoms with Gasteiger partial charge in [0.25, 0.3) is 0 Å². The largest absolute Gasteiger partial charge is 0.504 e. The Kier molecular flexibility index (Phi) is 3.15. The van der Waals surface area contributed by atoms with Gasteiger partial charge in [0.2, 0.25) is 0 Å². The molecule has 0 atom stereocenters. The number of hydrogen-bond donors (Lipinski definition) is 1. The minimum absolute atomic E-state index is 0.106. The molecule has 0 aromatic heterocycles. The van der Waals surface area contributed by atoms with Gasteiger partial charge in [0.05, 0.1) is 19.6 Å². The Balaban J connectivity index is 2.98. The van der Waals surface area contributed by atoms with Crippen molar-refractivity contribution in [3.63, 3.8) is 0 Å². The molecular formula is C13H13BrO3. The quantitative estimate of drug-likeness (QED) is 0.920. The average Bonchev–Trinajstić information content (AvgIpc) is 2.33. The molecule has 0 aliphatic rings. The molecule has 17 heavy (non-hydrogen) atoms. The molecule has 0 aliphatic carbocycles. The number of ether oxygens (including phenoxy) is 2. The van der Waals surface area contributed by atoms with Crippen LogP contribution in [0.25, 0.3) is 10.8 Å². The van der Waals surface area contributed by atoms with E-state index in [9.17, 15) is 5.11 Å². The van der Waals surface area contributed by atoms with Crippen LogP contribution in [0, 0.1) is 6.92 Å². The molecule has 0 saturated carbocycles. The van der Waals surface area contributed by atoms with E-state index in [0.29, 0.717) is 11.5 Å². The minimum atomic E-state index is 0.106. The third kappa shape index (κ3) is 1.82. The summed E-state index contributed by atoms with van der Waals surface area (Å²) in [6, 6.07) is 5.37. The van der Waals surface area contributed by atoms with Gasteiger partial charge >= 0.3 is 0 Å². The highest BCUT2D eigenvalue weighted by atomic mass is 79.9. The van der Waals surface area contributed by atoms with Crippen LogP contribution in [0.3, 0.4) is 0 Å². The molecule has 1 N–H and O–H groups in total. The second-order valence-corrected chi connectivity index (χ2v) is 4.54. The molecule has 0 unspecified atom stereocenters. The van der Waals surface area contributed by atoms with E-state index < -0.39 is 0 Å². The molecule has 0 spiro atoms. The number of rotatable bonds is 2. The highest BCUT2D eigenvalue weighted by Crippen LogP contribution is 2.44. The molecule has 2 aromatic carbocycles. The predicted molar refractivity (Wildman–Crippen MR) is 71.2 cm³/mol. The Morgan fingerprint density at radius 2 is 1.88 bits per heavy atom. The van der Waals surface area contributed by atoms with Gasteiger partial charge in [-0.1, -0.05) is 0 Å². The van der Waals surface area contributed by atoms with Gasteiger partial charge < -0.3 is 14.6 Å². The van der Waals surface area contributed by atoms with Crippen molar-refractivity contribution >= 4 is 26.7 Å². The molecule has 0 heterocycles. The first kappa shape index (κ1) is 12.0. The van der Waals surface area contributed by atoms with Crippen LogP contribution in [-0.4, -0.2) is 19.3 Å². The van der Waals surface area contributed by atoms with E-state index in [-0.39, 0.29) is 5.75 Å². The number of halogens is 1. The fourth-order valence-electron chi connectivity index (χ4n) is 1.91. The second-order valence-electron chi connectivity index (χ2n) is 3.75. The fraction of sp³-hybridized carbons (Fsp3) is 0.231. The number of fused-ring (bicyclic) bond motifs is 1. The lowest BCUT2D eigenvalue weighted by Gasteiger charge is -2.14. The van der Waals surface area contributed by atoms with Crippen molar-refractivity contribution < 1.29 is 14.6 Å². The van der Waals surface area contributed by atoms with Crippen LogP contribution in [0.2, 0.25) is 0 Å². The monoisotopic (exact) mass is 296 g/mol. The summed E-state index contributed by atoms with van der Waals surface area (Å²) in [6.07, 6.45) is 0. The summed E-state index contributed by atoms with van der Waals surface area (Å²) in [6.45, 7) is 1.99. The van der Waals surface area contributed by atoms with Crippen LogP contribution >= 0.6 is 15.9 Å². The zero-order valence-corrected chi connectivity index (χ0v) is 11.5. The fourth-order valence-corrected chi connectivity index (χ4v) is 2.36. The van der Waals surface area contributed by atoms with Crippen molar-refractivity contribution in [3.05, 3.63) is 28.2 Å². The maximum Gasteiger partial charge on any atom is 0.172 e. The van der Waals surface area contributed by atoms with E-state index in [1.54, 1.807) is 13.2 Å². The lowest BCUT2D eigenvalue weighted by atomic mass is 10.0. The Bertz CT molecular complexity index is 579. The Hall–Kier alpha value is -1.42. The van der Waals surface area contributed by atoms with E-state index in [2.05, 4.69) is 15.9 Å². The van der Waals surface area contributed by atoms with Crippen LogP contribution in [0.15, 0.2) is 22.7 Å². The van der Waals surface area contributed by atoms with Crippen molar-refractivity contribution in [2.75, 3.05) is 14.2 Å². The van der Waals surface area contributed by atoms with Crippen molar-refractivity contribution in [2.45, 2.75) is 6.92 Å². The van der Waals surface area contributed by atoms with E-state index >= 15 is 0 Å². The molecule has 0 amide bonds. The first-order valence-electron chi connectivity index (χ1n) is 5.13. The number of methoxy groups -OCH3 is 2. The molecular weight excluding hydrogens is 284 g/mol.